The number of piperidine rings is 1. The third kappa shape index (κ3) is 4.48. The normalized spacial score (nSPS) is 16.5. The maximum Gasteiger partial charge on any atom is 0.337 e. The number of rotatable bonds is 6. The van der Waals surface area contributed by atoms with Crippen LogP contribution >= 0.6 is 11.3 Å². The summed E-state index contributed by atoms with van der Waals surface area (Å²) in [5.41, 5.74) is 2.26. The van der Waals surface area contributed by atoms with Crippen LogP contribution in [0.2, 0.25) is 0 Å². The summed E-state index contributed by atoms with van der Waals surface area (Å²) < 4.78 is 10.6. The van der Waals surface area contributed by atoms with Crippen LogP contribution in [-0.4, -0.2) is 41.2 Å². The molecule has 1 aromatic carbocycles. The number of aliphatic hydroxyl groups is 1. The van der Waals surface area contributed by atoms with Crippen LogP contribution in [0.1, 0.15) is 45.6 Å². The van der Waals surface area contributed by atoms with Crippen molar-refractivity contribution in [1.29, 1.82) is 0 Å². The fraction of sp³-hybridized carbons (Fsp3) is 0.391. The van der Waals surface area contributed by atoms with Gasteiger partial charge in [-0.1, -0.05) is 6.07 Å². The molecule has 0 amide bonds. The Balaban J connectivity index is 1.37. The molecule has 0 unspecified atom stereocenters. The number of ether oxygens (including phenoxy) is 1. The molecule has 1 fully saturated rings. The number of hydrogen-bond acceptors (Lipinski definition) is 7. The Morgan fingerprint density at radius 3 is 2.67 bits per heavy atom. The lowest BCUT2D eigenvalue weighted by atomic mass is 9.90. The second-order valence-electron chi connectivity index (χ2n) is 7.66. The summed E-state index contributed by atoms with van der Waals surface area (Å²) in [4.78, 5) is 19.7. The Labute approximate surface area is 180 Å². The summed E-state index contributed by atoms with van der Waals surface area (Å²) in [6.45, 7) is 4.53. The molecule has 3 heterocycles. The first kappa shape index (κ1) is 20.8. The van der Waals surface area contributed by atoms with Crippen molar-refractivity contribution >= 4 is 17.3 Å². The molecule has 0 spiro atoms. The molecule has 0 bridgehead atoms. The molecule has 7 heteroatoms. The van der Waals surface area contributed by atoms with Gasteiger partial charge >= 0.3 is 5.97 Å². The monoisotopic (exact) mass is 426 g/mol. The van der Waals surface area contributed by atoms with Crippen molar-refractivity contribution in [2.45, 2.75) is 32.4 Å². The average molecular weight is 427 g/mol. The van der Waals surface area contributed by atoms with Gasteiger partial charge in [-0.25, -0.2) is 9.78 Å². The zero-order valence-corrected chi connectivity index (χ0v) is 18.0. The Kier molecular flexibility index (Phi) is 6.32. The lowest BCUT2D eigenvalue weighted by Gasteiger charge is -2.33. The molecule has 0 saturated carbocycles. The van der Waals surface area contributed by atoms with E-state index in [2.05, 4.69) is 4.90 Å². The third-order valence-electron chi connectivity index (χ3n) is 5.73. The molecule has 1 aliphatic rings. The fourth-order valence-electron chi connectivity index (χ4n) is 3.90. The summed E-state index contributed by atoms with van der Waals surface area (Å²) in [5.74, 6) is 1.31. The molecule has 30 heavy (non-hydrogen) atoms. The van der Waals surface area contributed by atoms with Gasteiger partial charge in [-0.2, -0.15) is 0 Å². The van der Waals surface area contributed by atoms with E-state index in [1.165, 1.54) is 7.11 Å². The highest BCUT2D eigenvalue weighted by Crippen LogP contribution is 2.33. The fourth-order valence-corrected chi connectivity index (χ4v) is 4.70. The van der Waals surface area contributed by atoms with Crippen molar-refractivity contribution in [1.82, 2.24) is 9.88 Å². The standard InChI is InChI=1S/C23H26N2O4S/c1-15-19(24-22(29-15)17-5-7-18(8-6-17)23(27)28-2)14-25-11-9-16(10-12-25)21(26)20-4-3-13-30-20/h3-8,13,16,21,26H,9-12,14H2,1-2H3/t21-/m1/s1. The number of carbonyl (C=O) groups is 1. The molecular formula is C23H26N2O4S. The first-order valence-electron chi connectivity index (χ1n) is 10.1. The van der Waals surface area contributed by atoms with Crippen molar-refractivity contribution in [3.63, 3.8) is 0 Å². The number of aryl methyl sites for hydroxylation is 1. The number of aromatic nitrogens is 1. The van der Waals surface area contributed by atoms with E-state index in [0.717, 1.165) is 54.4 Å². The van der Waals surface area contributed by atoms with E-state index in [1.807, 2.05) is 36.6 Å². The van der Waals surface area contributed by atoms with E-state index < -0.39 is 0 Å². The highest BCUT2D eigenvalue weighted by Gasteiger charge is 2.27. The Morgan fingerprint density at radius 2 is 2.03 bits per heavy atom. The van der Waals surface area contributed by atoms with E-state index >= 15 is 0 Å². The Morgan fingerprint density at radius 1 is 1.30 bits per heavy atom. The first-order valence-corrected chi connectivity index (χ1v) is 11.0. The smallest absolute Gasteiger partial charge is 0.337 e. The highest BCUT2D eigenvalue weighted by atomic mass is 32.1. The molecule has 2 aromatic heterocycles. The quantitative estimate of drug-likeness (QED) is 0.587. The molecule has 0 radical (unpaired) electrons. The SMILES string of the molecule is COC(=O)c1ccc(-c2nc(CN3CCC([C@@H](O)c4cccs4)CC3)c(C)o2)cc1. The molecule has 3 aromatic rings. The lowest BCUT2D eigenvalue weighted by molar-refractivity contribution is 0.0586. The lowest BCUT2D eigenvalue weighted by Crippen LogP contribution is -2.35. The summed E-state index contributed by atoms with van der Waals surface area (Å²) in [5, 5.41) is 12.6. The van der Waals surface area contributed by atoms with Gasteiger partial charge in [0.2, 0.25) is 5.89 Å². The summed E-state index contributed by atoms with van der Waals surface area (Å²) in [6.07, 6.45) is 1.58. The molecular weight excluding hydrogens is 400 g/mol. The van der Waals surface area contributed by atoms with E-state index in [4.69, 9.17) is 14.1 Å². The largest absolute Gasteiger partial charge is 0.465 e. The highest BCUT2D eigenvalue weighted by molar-refractivity contribution is 7.10. The molecule has 0 aliphatic carbocycles. The van der Waals surface area contributed by atoms with Gasteiger partial charge in [-0.3, -0.25) is 4.90 Å². The van der Waals surface area contributed by atoms with Gasteiger partial charge in [-0.05, 0) is 74.5 Å². The maximum absolute atomic E-state index is 11.6. The number of methoxy groups -OCH3 is 1. The number of thiophene rings is 1. The summed E-state index contributed by atoms with van der Waals surface area (Å²) >= 11 is 1.62. The van der Waals surface area contributed by atoms with E-state index in [9.17, 15) is 9.90 Å². The van der Waals surface area contributed by atoms with Gasteiger partial charge in [0, 0.05) is 17.0 Å². The van der Waals surface area contributed by atoms with Crippen molar-refractivity contribution in [2.24, 2.45) is 5.92 Å². The van der Waals surface area contributed by atoms with Gasteiger partial charge < -0.3 is 14.3 Å². The number of aliphatic hydroxyl groups excluding tert-OH is 1. The Hall–Kier alpha value is -2.48. The first-order chi connectivity index (χ1) is 14.5. The maximum atomic E-state index is 11.6. The van der Waals surface area contributed by atoms with Crippen molar-refractivity contribution in [2.75, 3.05) is 20.2 Å². The summed E-state index contributed by atoms with van der Waals surface area (Å²) in [6, 6.07) is 11.1. The minimum absolute atomic E-state index is 0.308. The van der Waals surface area contributed by atoms with Crippen LogP contribution in [-0.2, 0) is 11.3 Å². The van der Waals surface area contributed by atoms with Crippen molar-refractivity contribution in [3.8, 4) is 11.5 Å². The van der Waals surface area contributed by atoms with E-state index in [1.54, 1.807) is 23.5 Å². The minimum Gasteiger partial charge on any atom is -0.465 e. The van der Waals surface area contributed by atoms with Crippen LogP contribution in [0.5, 0.6) is 0 Å². The zero-order chi connectivity index (χ0) is 21.1. The number of oxazole rings is 1. The van der Waals surface area contributed by atoms with Crippen molar-refractivity contribution < 1.29 is 19.1 Å². The molecule has 1 atom stereocenters. The van der Waals surface area contributed by atoms with Crippen LogP contribution in [0.25, 0.3) is 11.5 Å². The topological polar surface area (TPSA) is 75.8 Å². The predicted molar refractivity (Wildman–Crippen MR) is 115 cm³/mol. The number of carbonyl (C=O) groups excluding carboxylic acids is 1. The van der Waals surface area contributed by atoms with Gasteiger partial charge in [-0.15, -0.1) is 11.3 Å². The second-order valence-corrected chi connectivity index (χ2v) is 8.64. The zero-order valence-electron chi connectivity index (χ0n) is 17.2. The number of benzene rings is 1. The van der Waals surface area contributed by atoms with Gasteiger partial charge in [0.1, 0.15) is 5.76 Å². The number of nitrogens with zero attached hydrogens (tertiary/aromatic N) is 2. The molecule has 1 N–H and O–H groups in total. The van der Waals surface area contributed by atoms with Crippen LogP contribution in [0.3, 0.4) is 0 Å². The molecule has 1 aliphatic heterocycles. The molecule has 6 nitrogen and oxygen atoms in total. The number of hydrogen-bond donors (Lipinski definition) is 1. The van der Waals surface area contributed by atoms with E-state index in [0.29, 0.717) is 17.4 Å². The molecule has 4 rings (SSSR count). The number of esters is 1. The molecule has 158 valence electrons. The summed E-state index contributed by atoms with van der Waals surface area (Å²) in [7, 11) is 1.37. The van der Waals surface area contributed by atoms with Crippen LogP contribution < -0.4 is 0 Å². The predicted octanol–water partition coefficient (Wildman–Crippen LogP) is 4.44. The number of likely N-dealkylation sites (tertiary alicyclic amines) is 1. The molecule has 1 saturated heterocycles. The Bertz CT molecular complexity index is 973. The van der Waals surface area contributed by atoms with Crippen LogP contribution in [0, 0.1) is 12.8 Å². The minimum atomic E-state index is -0.363. The van der Waals surface area contributed by atoms with Crippen LogP contribution in [0.15, 0.2) is 46.2 Å². The average Bonchev–Trinajstić information content (AvgIpc) is 3.44. The van der Waals surface area contributed by atoms with Gasteiger partial charge in [0.05, 0.1) is 24.5 Å². The van der Waals surface area contributed by atoms with Crippen LogP contribution in [0.4, 0.5) is 0 Å². The second kappa shape index (κ2) is 9.12. The van der Waals surface area contributed by atoms with Gasteiger partial charge in [0.25, 0.3) is 0 Å². The third-order valence-corrected chi connectivity index (χ3v) is 6.68. The van der Waals surface area contributed by atoms with E-state index in [-0.39, 0.29) is 12.1 Å². The van der Waals surface area contributed by atoms with Gasteiger partial charge in [0.15, 0.2) is 0 Å². The van der Waals surface area contributed by atoms with Crippen molar-refractivity contribution in [3.05, 3.63) is 63.7 Å².